The number of nitrogens with one attached hydrogen (secondary N) is 1. The maximum Gasteiger partial charge on any atom is 0.0372 e. The van der Waals surface area contributed by atoms with Crippen LogP contribution in [0, 0.1) is 18.3 Å². The summed E-state index contributed by atoms with van der Waals surface area (Å²) < 4.78 is 0. The monoisotopic (exact) mass is 204 g/mol. The first-order chi connectivity index (χ1) is 7.04. The zero-order valence-electron chi connectivity index (χ0n) is 10.0. The summed E-state index contributed by atoms with van der Waals surface area (Å²) in [6.45, 7) is 6.70. The molecule has 1 N–H and O–H groups in total. The lowest BCUT2D eigenvalue weighted by molar-refractivity contribution is 0.440. The van der Waals surface area contributed by atoms with Crippen LogP contribution in [0.2, 0.25) is 0 Å². The van der Waals surface area contributed by atoms with Gasteiger partial charge in [0, 0.05) is 17.9 Å². The normalized spacial score (nSPS) is 24.9. The summed E-state index contributed by atoms with van der Waals surface area (Å²) in [7, 11) is 2.04. The molecule has 1 aliphatic rings. The van der Waals surface area contributed by atoms with Gasteiger partial charge >= 0.3 is 0 Å². The van der Waals surface area contributed by atoms with Crippen molar-refractivity contribution in [2.24, 2.45) is 11.3 Å². The Balaban J connectivity index is 2.17. The quantitative estimate of drug-likeness (QED) is 0.819. The van der Waals surface area contributed by atoms with E-state index in [1.165, 1.54) is 12.0 Å². The molecule has 0 saturated heterocycles. The summed E-state index contributed by atoms with van der Waals surface area (Å²) in [5, 5.41) is 3.42. The molecule has 1 aliphatic carbocycles. The fourth-order valence-electron chi connectivity index (χ4n) is 2.34. The van der Waals surface area contributed by atoms with Crippen molar-refractivity contribution in [3.63, 3.8) is 0 Å². The Morgan fingerprint density at radius 3 is 2.53 bits per heavy atom. The van der Waals surface area contributed by atoms with Gasteiger partial charge in [0.2, 0.25) is 0 Å². The highest BCUT2D eigenvalue weighted by molar-refractivity contribution is 5.21. The number of pyridine rings is 1. The van der Waals surface area contributed by atoms with Crippen LogP contribution in [0.3, 0.4) is 0 Å². The van der Waals surface area contributed by atoms with Crippen molar-refractivity contribution in [3.8, 4) is 0 Å². The molecule has 2 atom stereocenters. The van der Waals surface area contributed by atoms with Gasteiger partial charge in [-0.15, -0.1) is 0 Å². The molecule has 2 unspecified atom stereocenters. The standard InChI is InChI=1S/C13H20N2/c1-9-5-6-10(8-15-9)12(14-4)11-7-13(11,2)3/h5-6,8,11-12,14H,7H2,1-4H3. The third kappa shape index (κ3) is 2.05. The van der Waals surface area contributed by atoms with Crippen molar-refractivity contribution in [3.05, 3.63) is 29.6 Å². The first-order valence-corrected chi connectivity index (χ1v) is 5.64. The predicted octanol–water partition coefficient (Wildman–Crippen LogP) is 2.70. The summed E-state index contributed by atoms with van der Waals surface area (Å²) in [5.74, 6) is 0.756. The lowest BCUT2D eigenvalue weighted by atomic mass is 9.98. The molecule has 0 amide bonds. The van der Waals surface area contributed by atoms with Gasteiger partial charge in [-0.25, -0.2) is 0 Å². The molecule has 82 valence electrons. The highest BCUT2D eigenvalue weighted by Gasteiger charge is 2.50. The number of aromatic nitrogens is 1. The number of hydrogen-bond donors (Lipinski definition) is 1. The van der Waals surface area contributed by atoms with E-state index in [4.69, 9.17) is 0 Å². The second-order valence-corrected chi connectivity index (χ2v) is 5.30. The molecular weight excluding hydrogens is 184 g/mol. The fourth-order valence-corrected chi connectivity index (χ4v) is 2.34. The second kappa shape index (κ2) is 3.60. The smallest absolute Gasteiger partial charge is 0.0372 e. The van der Waals surface area contributed by atoms with Crippen LogP contribution in [0.15, 0.2) is 18.3 Å². The third-order valence-corrected chi connectivity index (χ3v) is 3.60. The Kier molecular flexibility index (Phi) is 2.55. The second-order valence-electron chi connectivity index (χ2n) is 5.30. The number of nitrogens with zero attached hydrogens (tertiary/aromatic N) is 1. The Labute approximate surface area is 92.1 Å². The van der Waals surface area contributed by atoms with Gasteiger partial charge in [0.1, 0.15) is 0 Å². The molecule has 1 aromatic rings. The van der Waals surface area contributed by atoms with Gasteiger partial charge in [-0.2, -0.15) is 0 Å². The van der Waals surface area contributed by atoms with E-state index in [0.717, 1.165) is 11.6 Å². The van der Waals surface area contributed by atoms with Gasteiger partial charge in [0.05, 0.1) is 0 Å². The van der Waals surface area contributed by atoms with Crippen LogP contribution in [0.4, 0.5) is 0 Å². The van der Waals surface area contributed by atoms with Crippen molar-refractivity contribution < 1.29 is 0 Å². The molecule has 2 nitrogen and oxygen atoms in total. The molecular formula is C13H20N2. The summed E-state index contributed by atoms with van der Waals surface area (Å²) in [6.07, 6.45) is 3.32. The molecule has 0 aromatic carbocycles. The van der Waals surface area contributed by atoms with E-state index in [1.54, 1.807) is 0 Å². The summed E-state index contributed by atoms with van der Waals surface area (Å²) in [4.78, 5) is 4.37. The van der Waals surface area contributed by atoms with Crippen LogP contribution < -0.4 is 5.32 Å². The maximum atomic E-state index is 4.37. The van der Waals surface area contributed by atoms with E-state index in [9.17, 15) is 0 Å². The van der Waals surface area contributed by atoms with Crippen molar-refractivity contribution >= 4 is 0 Å². The van der Waals surface area contributed by atoms with Crippen LogP contribution in [0.1, 0.15) is 37.6 Å². The van der Waals surface area contributed by atoms with Crippen LogP contribution in [-0.4, -0.2) is 12.0 Å². The zero-order valence-corrected chi connectivity index (χ0v) is 10.0. The summed E-state index contributed by atoms with van der Waals surface area (Å²) in [6, 6.07) is 4.75. The Morgan fingerprint density at radius 1 is 1.47 bits per heavy atom. The number of aryl methyl sites for hydroxylation is 1. The molecule has 2 heteroatoms. The highest BCUT2D eigenvalue weighted by Crippen LogP contribution is 2.57. The van der Waals surface area contributed by atoms with E-state index < -0.39 is 0 Å². The van der Waals surface area contributed by atoms with Gasteiger partial charge in [-0.1, -0.05) is 19.9 Å². The molecule has 1 aromatic heterocycles. The van der Waals surface area contributed by atoms with Crippen molar-refractivity contribution in [2.45, 2.75) is 33.2 Å². The summed E-state index contributed by atoms with van der Waals surface area (Å²) in [5.41, 5.74) is 2.90. The summed E-state index contributed by atoms with van der Waals surface area (Å²) >= 11 is 0. The molecule has 0 bridgehead atoms. The van der Waals surface area contributed by atoms with Crippen molar-refractivity contribution in [2.75, 3.05) is 7.05 Å². The Morgan fingerprint density at radius 2 is 2.13 bits per heavy atom. The van der Waals surface area contributed by atoms with E-state index >= 15 is 0 Å². The van der Waals surface area contributed by atoms with Gasteiger partial charge in [0.25, 0.3) is 0 Å². The number of hydrogen-bond acceptors (Lipinski definition) is 2. The van der Waals surface area contributed by atoms with Gasteiger partial charge < -0.3 is 5.32 Å². The van der Waals surface area contributed by atoms with E-state index in [-0.39, 0.29) is 0 Å². The van der Waals surface area contributed by atoms with E-state index in [1.807, 2.05) is 20.2 Å². The van der Waals surface area contributed by atoms with Gasteiger partial charge in [0.15, 0.2) is 0 Å². The van der Waals surface area contributed by atoms with Crippen molar-refractivity contribution in [1.29, 1.82) is 0 Å². The molecule has 0 radical (unpaired) electrons. The van der Waals surface area contributed by atoms with E-state index in [2.05, 4.69) is 36.3 Å². The van der Waals surface area contributed by atoms with Crippen molar-refractivity contribution in [1.82, 2.24) is 10.3 Å². The minimum atomic E-state index is 0.466. The molecule has 15 heavy (non-hydrogen) atoms. The Hall–Kier alpha value is -0.890. The largest absolute Gasteiger partial charge is 0.313 e. The molecule has 1 heterocycles. The zero-order chi connectivity index (χ0) is 11.1. The minimum absolute atomic E-state index is 0.466. The lowest BCUT2D eigenvalue weighted by Crippen LogP contribution is -2.20. The molecule has 0 spiro atoms. The van der Waals surface area contributed by atoms with Crippen LogP contribution in [0.5, 0.6) is 0 Å². The average molecular weight is 204 g/mol. The maximum absolute atomic E-state index is 4.37. The topological polar surface area (TPSA) is 24.9 Å². The number of rotatable bonds is 3. The van der Waals surface area contributed by atoms with E-state index in [0.29, 0.717) is 11.5 Å². The molecule has 1 fully saturated rings. The van der Waals surface area contributed by atoms with Crippen LogP contribution >= 0.6 is 0 Å². The third-order valence-electron chi connectivity index (χ3n) is 3.60. The molecule has 1 saturated carbocycles. The van der Waals surface area contributed by atoms with Crippen LogP contribution in [0.25, 0.3) is 0 Å². The fraction of sp³-hybridized carbons (Fsp3) is 0.615. The first kappa shape index (κ1) is 10.6. The lowest BCUT2D eigenvalue weighted by Gasteiger charge is -2.18. The SMILES string of the molecule is CNC(c1ccc(C)nc1)C1CC1(C)C. The minimum Gasteiger partial charge on any atom is -0.313 e. The first-order valence-electron chi connectivity index (χ1n) is 5.64. The molecule has 0 aliphatic heterocycles. The average Bonchev–Trinajstić information content (AvgIpc) is 2.80. The Bertz CT molecular complexity index is 340. The van der Waals surface area contributed by atoms with Gasteiger partial charge in [-0.05, 0) is 43.4 Å². The highest BCUT2D eigenvalue weighted by atomic mass is 14.9. The predicted molar refractivity (Wildman–Crippen MR) is 62.7 cm³/mol. The molecule has 2 rings (SSSR count). The van der Waals surface area contributed by atoms with Crippen LogP contribution in [-0.2, 0) is 0 Å². The van der Waals surface area contributed by atoms with Gasteiger partial charge in [-0.3, -0.25) is 4.98 Å².